The molecular weight excluding hydrogens is 214 g/mol. The van der Waals surface area contributed by atoms with Gasteiger partial charge in [-0.05, 0) is 44.4 Å². The fraction of sp³-hybridized carbons (Fsp3) is 0.714. The van der Waals surface area contributed by atoms with E-state index in [4.69, 9.17) is 9.52 Å². The molecule has 0 aromatic carbocycles. The zero-order valence-corrected chi connectivity index (χ0v) is 10.5. The maximum absolute atomic E-state index is 8.72. The van der Waals surface area contributed by atoms with Crippen LogP contribution in [0.3, 0.4) is 0 Å². The molecule has 1 aliphatic rings. The van der Waals surface area contributed by atoms with Gasteiger partial charge in [-0.2, -0.15) is 0 Å². The van der Waals surface area contributed by atoms with E-state index in [-0.39, 0.29) is 0 Å². The lowest BCUT2D eigenvalue weighted by atomic mass is 10.2. The lowest BCUT2D eigenvalue weighted by Crippen LogP contribution is -2.26. The lowest BCUT2D eigenvalue weighted by Gasteiger charge is -2.20. The van der Waals surface area contributed by atoms with Gasteiger partial charge < -0.3 is 9.52 Å². The summed E-state index contributed by atoms with van der Waals surface area (Å²) in [5, 5.41) is 8.72. The third-order valence-corrected chi connectivity index (χ3v) is 3.36. The number of rotatable bonds is 9. The van der Waals surface area contributed by atoms with Crippen LogP contribution in [0.15, 0.2) is 22.8 Å². The van der Waals surface area contributed by atoms with Crippen LogP contribution >= 0.6 is 0 Å². The van der Waals surface area contributed by atoms with Crippen LogP contribution in [0, 0.1) is 0 Å². The van der Waals surface area contributed by atoms with Gasteiger partial charge >= 0.3 is 0 Å². The fourth-order valence-electron chi connectivity index (χ4n) is 2.21. The smallest absolute Gasteiger partial charge is 0.117 e. The Morgan fingerprint density at radius 2 is 2.06 bits per heavy atom. The predicted molar refractivity (Wildman–Crippen MR) is 67.7 cm³/mol. The molecule has 0 atom stereocenters. The summed E-state index contributed by atoms with van der Waals surface area (Å²) < 4.78 is 5.41. The quantitative estimate of drug-likeness (QED) is 0.671. The highest BCUT2D eigenvalue weighted by atomic mass is 16.3. The Morgan fingerprint density at radius 1 is 1.24 bits per heavy atom. The zero-order chi connectivity index (χ0) is 11.9. The van der Waals surface area contributed by atoms with E-state index in [0.29, 0.717) is 6.61 Å². The van der Waals surface area contributed by atoms with Crippen LogP contribution in [0.1, 0.15) is 44.3 Å². The number of nitrogens with zero attached hydrogens (tertiary/aromatic N) is 1. The maximum Gasteiger partial charge on any atom is 0.117 e. The molecule has 2 rings (SSSR count). The van der Waals surface area contributed by atoms with E-state index in [0.717, 1.165) is 37.7 Å². The van der Waals surface area contributed by atoms with Crippen molar-refractivity contribution >= 4 is 0 Å². The van der Waals surface area contributed by atoms with E-state index in [1.54, 1.807) is 6.26 Å². The van der Waals surface area contributed by atoms with E-state index in [1.807, 2.05) is 6.07 Å². The maximum atomic E-state index is 8.72. The first-order valence-electron chi connectivity index (χ1n) is 6.77. The Balaban J connectivity index is 1.66. The Morgan fingerprint density at radius 3 is 2.71 bits per heavy atom. The van der Waals surface area contributed by atoms with Gasteiger partial charge in [-0.15, -0.1) is 0 Å². The van der Waals surface area contributed by atoms with Crippen LogP contribution in [0.2, 0.25) is 0 Å². The number of unbranched alkanes of at least 4 members (excludes halogenated alkanes) is 3. The molecule has 0 amide bonds. The van der Waals surface area contributed by atoms with Gasteiger partial charge in [0.15, 0.2) is 0 Å². The summed E-state index contributed by atoms with van der Waals surface area (Å²) in [5.74, 6) is 1.08. The SMILES string of the molecule is OCCCCCCN(Cc1ccco1)C1CC1. The molecule has 1 saturated carbocycles. The van der Waals surface area contributed by atoms with Crippen molar-refractivity contribution in [3.63, 3.8) is 0 Å². The van der Waals surface area contributed by atoms with Gasteiger partial charge in [0.2, 0.25) is 0 Å². The second-order valence-electron chi connectivity index (χ2n) is 4.92. The molecule has 17 heavy (non-hydrogen) atoms. The van der Waals surface area contributed by atoms with E-state index in [2.05, 4.69) is 11.0 Å². The van der Waals surface area contributed by atoms with Gasteiger partial charge in [0.1, 0.15) is 5.76 Å². The van der Waals surface area contributed by atoms with Crippen LogP contribution in [0.5, 0.6) is 0 Å². The second-order valence-corrected chi connectivity index (χ2v) is 4.92. The number of furan rings is 1. The number of hydrogen-bond acceptors (Lipinski definition) is 3. The first-order valence-corrected chi connectivity index (χ1v) is 6.77. The van der Waals surface area contributed by atoms with Crippen molar-refractivity contribution in [3.05, 3.63) is 24.2 Å². The predicted octanol–water partition coefficient (Wildman–Crippen LogP) is 2.80. The Labute approximate surface area is 103 Å². The van der Waals surface area contributed by atoms with Crippen molar-refractivity contribution in [2.24, 2.45) is 0 Å². The molecule has 1 fully saturated rings. The zero-order valence-electron chi connectivity index (χ0n) is 10.5. The van der Waals surface area contributed by atoms with Crippen LogP contribution in [-0.4, -0.2) is 29.2 Å². The molecule has 0 unspecified atom stereocenters. The van der Waals surface area contributed by atoms with E-state index in [9.17, 15) is 0 Å². The molecule has 0 bridgehead atoms. The highest BCUT2D eigenvalue weighted by molar-refractivity contribution is 4.99. The molecule has 0 spiro atoms. The average molecular weight is 237 g/mol. The van der Waals surface area contributed by atoms with Crippen LogP contribution < -0.4 is 0 Å². The Bertz CT molecular complexity index is 293. The van der Waals surface area contributed by atoms with E-state index in [1.165, 1.54) is 25.7 Å². The standard InChI is InChI=1S/C14H23NO2/c16-10-4-2-1-3-9-15(13-7-8-13)12-14-6-5-11-17-14/h5-6,11,13,16H,1-4,7-10,12H2. The summed E-state index contributed by atoms with van der Waals surface area (Å²) in [6, 6.07) is 4.81. The summed E-state index contributed by atoms with van der Waals surface area (Å²) in [6.07, 6.45) is 8.99. The highest BCUT2D eigenvalue weighted by Gasteiger charge is 2.28. The average Bonchev–Trinajstić information content (AvgIpc) is 3.06. The van der Waals surface area contributed by atoms with Crippen molar-refractivity contribution in [1.82, 2.24) is 4.90 Å². The monoisotopic (exact) mass is 237 g/mol. The third-order valence-electron chi connectivity index (χ3n) is 3.36. The van der Waals surface area contributed by atoms with Gasteiger partial charge in [-0.1, -0.05) is 12.8 Å². The summed E-state index contributed by atoms with van der Waals surface area (Å²) >= 11 is 0. The van der Waals surface area contributed by atoms with Crippen molar-refractivity contribution in [2.45, 2.75) is 51.1 Å². The van der Waals surface area contributed by atoms with Gasteiger partial charge in [-0.25, -0.2) is 0 Å². The van der Waals surface area contributed by atoms with Crippen molar-refractivity contribution in [2.75, 3.05) is 13.2 Å². The van der Waals surface area contributed by atoms with Crippen LogP contribution in [0.25, 0.3) is 0 Å². The van der Waals surface area contributed by atoms with Crippen molar-refractivity contribution < 1.29 is 9.52 Å². The molecule has 0 aliphatic heterocycles. The van der Waals surface area contributed by atoms with Gasteiger partial charge in [-0.3, -0.25) is 4.90 Å². The third kappa shape index (κ3) is 4.52. The number of aliphatic hydroxyl groups is 1. The van der Waals surface area contributed by atoms with Gasteiger partial charge in [0.05, 0.1) is 12.8 Å². The van der Waals surface area contributed by atoms with E-state index < -0.39 is 0 Å². The summed E-state index contributed by atoms with van der Waals surface area (Å²) in [5.41, 5.74) is 0. The van der Waals surface area contributed by atoms with Crippen LogP contribution in [0.4, 0.5) is 0 Å². The number of hydrogen-bond donors (Lipinski definition) is 1. The van der Waals surface area contributed by atoms with Crippen molar-refractivity contribution in [3.8, 4) is 0 Å². The van der Waals surface area contributed by atoms with E-state index >= 15 is 0 Å². The molecule has 1 N–H and O–H groups in total. The first kappa shape index (κ1) is 12.7. The molecule has 3 heteroatoms. The summed E-state index contributed by atoms with van der Waals surface area (Å²) in [6.45, 7) is 2.45. The van der Waals surface area contributed by atoms with Gasteiger partial charge in [0.25, 0.3) is 0 Å². The molecule has 1 aromatic rings. The molecule has 1 aromatic heterocycles. The largest absolute Gasteiger partial charge is 0.468 e. The summed E-state index contributed by atoms with van der Waals surface area (Å²) in [4.78, 5) is 2.54. The lowest BCUT2D eigenvalue weighted by molar-refractivity contribution is 0.226. The molecule has 1 heterocycles. The normalized spacial score (nSPS) is 15.6. The molecular formula is C14H23NO2. The Kier molecular flexibility index (Phi) is 5.08. The molecule has 1 aliphatic carbocycles. The number of aliphatic hydroxyl groups excluding tert-OH is 1. The minimum atomic E-state index is 0.332. The van der Waals surface area contributed by atoms with Crippen LogP contribution in [-0.2, 0) is 6.54 Å². The summed E-state index contributed by atoms with van der Waals surface area (Å²) in [7, 11) is 0. The first-order chi connectivity index (χ1) is 8.40. The minimum absolute atomic E-state index is 0.332. The molecule has 0 saturated heterocycles. The topological polar surface area (TPSA) is 36.6 Å². The Hall–Kier alpha value is -0.800. The molecule has 0 radical (unpaired) electrons. The van der Waals surface area contributed by atoms with Crippen molar-refractivity contribution in [1.29, 1.82) is 0 Å². The second kappa shape index (κ2) is 6.82. The highest BCUT2D eigenvalue weighted by Crippen LogP contribution is 2.28. The minimum Gasteiger partial charge on any atom is -0.468 e. The molecule has 3 nitrogen and oxygen atoms in total. The fourth-order valence-corrected chi connectivity index (χ4v) is 2.21. The van der Waals surface area contributed by atoms with Gasteiger partial charge in [0, 0.05) is 12.6 Å². The molecule has 96 valence electrons.